The lowest BCUT2D eigenvalue weighted by Gasteiger charge is -2.45. The molecule has 1 unspecified atom stereocenters. The fraction of sp³-hybridized carbons (Fsp3) is 0.444. The molecule has 0 radical (unpaired) electrons. The Morgan fingerprint density at radius 3 is 2.56 bits per heavy atom. The minimum atomic E-state index is -0.592. The second-order valence-corrected chi connectivity index (χ2v) is 9.93. The van der Waals surface area contributed by atoms with Gasteiger partial charge in [-0.05, 0) is 55.0 Å². The molecule has 3 amide bonds. The van der Waals surface area contributed by atoms with Crippen molar-refractivity contribution in [3.05, 3.63) is 65.2 Å². The summed E-state index contributed by atoms with van der Waals surface area (Å²) in [6.07, 6.45) is 4.13. The summed E-state index contributed by atoms with van der Waals surface area (Å²) in [6, 6.07) is 16.2. The Morgan fingerprint density at radius 2 is 1.76 bits per heavy atom. The number of piperidine rings is 1. The first-order valence-corrected chi connectivity index (χ1v) is 12.3. The molecule has 6 rings (SSSR count). The van der Waals surface area contributed by atoms with Gasteiger partial charge in [-0.2, -0.15) is 0 Å². The molecule has 1 N–H and O–H groups in total. The van der Waals surface area contributed by atoms with E-state index < -0.39 is 6.04 Å². The van der Waals surface area contributed by atoms with Crippen LogP contribution in [0.15, 0.2) is 48.5 Å². The molecule has 176 valence electrons. The standard InChI is InChI=1S/C27H29N3O4/c31-25-12-11-23(26(32)28-25)30-16-18-13-20(9-10-21(18)27(30)33)34-24-8-4-7-22(24)29-14-19(15-29)17-5-2-1-3-6-17/h1-3,5-6,9-10,13,19,22-24H,4,7-8,11-12,14-16H2,(H,28,31,32)/t22-,23?,24+/m1/s1. The molecule has 0 spiro atoms. The SMILES string of the molecule is O=C1CCC(N2Cc3cc(O[C@H]4CCC[C@H]4N4CC(c5ccccc5)C4)ccc3C2=O)C(=O)N1. The Kier molecular flexibility index (Phi) is 5.37. The molecule has 2 saturated heterocycles. The van der Waals surface area contributed by atoms with Gasteiger partial charge in [-0.15, -0.1) is 0 Å². The van der Waals surface area contributed by atoms with Gasteiger partial charge in [-0.3, -0.25) is 24.6 Å². The smallest absolute Gasteiger partial charge is 0.255 e. The summed E-state index contributed by atoms with van der Waals surface area (Å²) in [4.78, 5) is 40.8. The summed E-state index contributed by atoms with van der Waals surface area (Å²) in [6.45, 7) is 2.53. The Hall–Kier alpha value is -3.19. The van der Waals surface area contributed by atoms with Gasteiger partial charge in [0.1, 0.15) is 17.9 Å². The average Bonchev–Trinajstić information content (AvgIpc) is 3.38. The van der Waals surface area contributed by atoms with Crippen LogP contribution < -0.4 is 10.1 Å². The first-order chi connectivity index (χ1) is 16.6. The van der Waals surface area contributed by atoms with E-state index in [1.807, 2.05) is 18.2 Å². The van der Waals surface area contributed by atoms with Crippen molar-refractivity contribution >= 4 is 17.7 Å². The zero-order valence-corrected chi connectivity index (χ0v) is 19.1. The molecule has 3 atom stereocenters. The zero-order chi connectivity index (χ0) is 23.2. The molecule has 7 heteroatoms. The molecule has 0 bridgehead atoms. The third-order valence-electron chi connectivity index (χ3n) is 7.85. The molecular formula is C27H29N3O4. The molecule has 1 aliphatic carbocycles. The molecule has 3 aliphatic heterocycles. The fourth-order valence-electron chi connectivity index (χ4n) is 5.98. The maximum atomic E-state index is 12.9. The minimum absolute atomic E-state index is 0.151. The number of hydrogen-bond donors (Lipinski definition) is 1. The average molecular weight is 460 g/mol. The van der Waals surface area contributed by atoms with Gasteiger partial charge in [0.05, 0.1) is 0 Å². The van der Waals surface area contributed by atoms with E-state index in [9.17, 15) is 14.4 Å². The lowest BCUT2D eigenvalue weighted by molar-refractivity contribution is -0.136. The fourth-order valence-corrected chi connectivity index (χ4v) is 5.98. The van der Waals surface area contributed by atoms with Crippen molar-refractivity contribution in [2.75, 3.05) is 13.1 Å². The highest BCUT2D eigenvalue weighted by Crippen LogP contribution is 2.37. The quantitative estimate of drug-likeness (QED) is 0.696. The van der Waals surface area contributed by atoms with Crippen LogP contribution in [0.5, 0.6) is 5.75 Å². The van der Waals surface area contributed by atoms with E-state index in [1.165, 1.54) is 5.56 Å². The Morgan fingerprint density at radius 1 is 0.941 bits per heavy atom. The Bertz CT molecular complexity index is 1130. The van der Waals surface area contributed by atoms with Crippen LogP contribution in [0, 0.1) is 0 Å². The van der Waals surface area contributed by atoms with Crippen LogP contribution >= 0.6 is 0 Å². The first-order valence-electron chi connectivity index (χ1n) is 12.3. The predicted molar refractivity (Wildman–Crippen MR) is 125 cm³/mol. The molecule has 2 aromatic rings. The number of carbonyl (C=O) groups is 3. The van der Waals surface area contributed by atoms with Crippen molar-refractivity contribution in [1.82, 2.24) is 15.1 Å². The Balaban J connectivity index is 1.11. The largest absolute Gasteiger partial charge is 0.489 e. The number of carbonyl (C=O) groups excluding carboxylic acids is 3. The van der Waals surface area contributed by atoms with E-state index in [0.29, 0.717) is 30.5 Å². The molecule has 2 aromatic carbocycles. The van der Waals surface area contributed by atoms with Crippen molar-refractivity contribution in [3.63, 3.8) is 0 Å². The molecule has 3 heterocycles. The lowest BCUT2D eigenvalue weighted by atomic mass is 9.89. The third kappa shape index (κ3) is 3.78. The van der Waals surface area contributed by atoms with Gasteiger partial charge in [0.15, 0.2) is 0 Å². The van der Waals surface area contributed by atoms with E-state index in [1.54, 1.807) is 4.90 Å². The number of hydrogen-bond acceptors (Lipinski definition) is 5. The highest BCUT2D eigenvalue weighted by atomic mass is 16.5. The summed E-state index contributed by atoms with van der Waals surface area (Å²) in [5.41, 5.74) is 2.92. The van der Waals surface area contributed by atoms with Gasteiger partial charge in [-0.25, -0.2) is 0 Å². The van der Waals surface area contributed by atoms with E-state index in [4.69, 9.17) is 4.74 Å². The van der Waals surface area contributed by atoms with E-state index in [0.717, 1.165) is 43.7 Å². The number of nitrogens with zero attached hydrogens (tertiary/aromatic N) is 2. The lowest BCUT2D eigenvalue weighted by Crippen LogP contribution is -2.54. The number of nitrogens with one attached hydrogen (secondary N) is 1. The van der Waals surface area contributed by atoms with Gasteiger partial charge < -0.3 is 9.64 Å². The van der Waals surface area contributed by atoms with Gasteiger partial charge in [0.2, 0.25) is 11.8 Å². The summed E-state index contributed by atoms with van der Waals surface area (Å²) in [5.74, 6) is 0.582. The van der Waals surface area contributed by atoms with Crippen molar-refractivity contribution in [2.24, 2.45) is 0 Å². The molecule has 34 heavy (non-hydrogen) atoms. The van der Waals surface area contributed by atoms with E-state index in [-0.39, 0.29) is 30.2 Å². The van der Waals surface area contributed by atoms with Crippen LogP contribution in [0.25, 0.3) is 0 Å². The van der Waals surface area contributed by atoms with Crippen molar-refractivity contribution in [3.8, 4) is 5.75 Å². The minimum Gasteiger partial charge on any atom is -0.489 e. The summed E-state index contributed by atoms with van der Waals surface area (Å²) in [5, 5.41) is 2.35. The van der Waals surface area contributed by atoms with Crippen LogP contribution in [0.3, 0.4) is 0 Å². The maximum Gasteiger partial charge on any atom is 0.255 e. The number of rotatable bonds is 5. The second-order valence-electron chi connectivity index (χ2n) is 9.93. The highest BCUT2D eigenvalue weighted by molar-refractivity contribution is 6.05. The van der Waals surface area contributed by atoms with Gasteiger partial charge in [0, 0.05) is 43.6 Å². The first kappa shape index (κ1) is 21.4. The predicted octanol–water partition coefficient (Wildman–Crippen LogP) is 2.85. The number of imide groups is 1. The number of benzene rings is 2. The summed E-state index contributed by atoms with van der Waals surface area (Å²) < 4.78 is 6.47. The summed E-state index contributed by atoms with van der Waals surface area (Å²) in [7, 11) is 0. The molecule has 4 aliphatic rings. The maximum absolute atomic E-state index is 12.9. The van der Waals surface area contributed by atoms with Crippen molar-refractivity contribution in [2.45, 2.75) is 62.8 Å². The zero-order valence-electron chi connectivity index (χ0n) is 19.1. The number of ether oxygens (including phenoxy) is 1. The van der Waals surface area contributed by atoms with E-state index >= 15 is 0 Å². The van der Waals surface area contributed by atoms with Crippen LogP contribution in [0.4, 0.5) is 0 Å². The van der Waals surface area contributed by atoms with Crippen molar-refractivity contribution in [1.29, 1.82) is 0 Å². The van der Waals surface area contributed by atoms with E-state index in [2.05, 4.69) is 40.5 Å². The van der Waals surface area contributed by atoms with Crippen LogP contribution in [-0.4, -0.2) is 58.8 Å². The number of amides is 3. The normalized spacial score (nSPS) is 27.5. The Labute approximate surface area is 199 Å². The monoisotopic (exact) mass is 459 g/mol. The molecule has 1 saturated carbocycles. The van der Waals surface area contributed by atoms with Crippen LogP contribution in [0.2, 0.25) is 0 Å². The van der Waals surface area contributed by atoms with Gasteiger partial charge in [-0.1, -0.05) is 30.3 Å². The number of likely N-dealkylation sites (tertiary alicyclic amines) is 1. The van der Waals surface area contributed by atoms with Crippen molar-refractivity contribution < 1.29 is 19.1 Å². The second kappa shape index (κ2) is 8.55. The van der Waals surface area contributed by atoms with Crippen LogP contribution in [0.1, 0.15) is 59.5 Å². The molecule has 3 fully saturated rings. The third-order valence-corrected chi connectivity index (χ3v) is 7.85. The topological polar surface area (TPSA) is 79.0 Å². The highest BCUT2D eigenvalue weighted by Gasteiger charge is 2.41. The van der Waals surface area contributed by atoms with Crippen LogP contribution in [-0.2, 0) is 16.1 Å². The molecular weight excluding hydrogens is 430 g/mol. The summed E-state index contributed by atoms with van der Waals surface area (Å²) >= 11 is 0. The molecule has 7 nitrogen and oxygen atoms in total. The van der Waals surface area contributed by atoms with Gasteiger partial charge >= 0.3 is 0 Å². The van der Waals surface area contributed by atoms with Gasteiger partial charge in [0.25, 0.3) is 5.91 Å². The number of fused-ring (bicyclic) bond motifs is 1. The molecule has 0 aromatic heterocycles.